The molecule has 0 aliphatic carbocycles. The van der Waals surface area contributed by atoms with Crippen LogP contribution in [0.1, 0.15) is 36.5 Å². The lowest BCUT2D eigenvalue weighted by Crippen LogP contribution is -2.06. The van der Waals surface area contributed by atoms with E-state index in [4.69, 9.17) is 4.74 Å². The molecule has 1 nitrogen and oxygen atoms in total. The van der Waals surface area contributed by atoms with Crippen molar-refractivity contribution >= 4 is 12.6 Å². The van der Waals surface area contributed by atoms with Crippen molar-refractivity contribution in [2.24, 2.45) is 5.92 Å². The standard InChI is InChI=1S/C15H24OS/c1-11(6-8-17)5-7-16-15-13(3)9-12(2)10-14(15)4/h9-11,17H,5-8H2,1-4H3. The van der Waals surface area contributed by atoms with Crippen LogP contribution < -0.4 is 4.74 Å². The normalized spacial score (nSPS) is 12.5. The summed E-state index contributed by atoms with van der Waals surface area (Å²) in [6.07, 6.45) is 2.27. The number of hydrogen-bond acceptors (Lipinski definition) is 2. The highest BCUT2D eigenvalue weighted by molar-refractivity contribution is 7.80. The third-order valence-corrected chi connectivity index (χ3v) is 3.34. The zero-order valence-electron chi connectivity index (χ0n) is 11.4. The smallest absolute Gasteiger partial charge is 0.125 e. The lowest BCUT2D eigenvalue weighted by atomic mass is 10.1. The molecular weight excluding hydrogens is 228 g/mol. The molecule has 0 spiro atoms. The summed E-state index contributed by atoms with van der Waals surface area (Å²) in [7, 11) is 0. The van der Waals surface area contributed by atoms with E-state index in [0.717, 1.165) is 24.5 Å². The highest BCUT2D eigenvalue weighted by Gasteiger charge is 2.06. The maximum atomic E-state index is 5.91. The van der Waals surface area contributed by atoms with Gasteiger partial charge < -0.3 is 4.74 Å². The average molecular weight is 252 g/mol. The fourth-order valence-corrected chi connectivity index (χ4v) is 2.56. The summed E-state index contributed by atoms with van der Waals surface area (Å²) in [6.45, 7) is 9.42. The van der Waals surface area contributed by atoms with Crippen molar-refractivity contribution in [2.75, 3.05) is 12.4 Å². The molecule has 0 bridgehead atoms. The first-order valence-electron chi connectivity index (χ1n) is 6.36. The van der Waals surface area contributed by atoms with Crippen molar-refractivity contribution in [3.8, 4) is 5.75 Å². The molecule has 0 saturated heterocycles. The van der Waals surface area contributed by atoms with Crippen molar-refractivity contribution < 1.29 is 4.74 Å². The Balaban J connectivity index is 2.52. The summed E-state index contributed by atoms with van der Waals surface area (Å²) < 4.78 is 5.91. The molecule has 0 N–H and O–H groups in total. The quantitative estimate of drug-likeness (QED) is 0.741. The summed E-state index contributed by atoms with van der Waals surface area (Å²) in [5, 5.41) is 0. The SMILES string of the molecule is Cc1cc(C)c(OCCC(C)CCS)c(C)c1. The third-order valence-electron chi connectivity index (χ3n) is 3.08. The Hall–Kier alpha value is -0.630. The fraction of sp³-hybridized carbons (Fsp3) is 0.600. The minimum atomic E-state index is 0.693. The number of ether oxygens (including phenoxy) is 1. The summed E-state index contributed by atoms with van der Waals surface area (Å²) in [5.74, 6) is 2.72. The molecule has 0 aromatic heterocycles. The lowest BCUT2D eigenvalue weighted by Gasteiger charge is -2.15. The van der Waals surface area contributed by atoms with Gasteiger partial charge in [0.2, 0.25) is 0 Å². The van der Waals surface area contributed by atoms with Crippen LogP contribution in [0.15, 0.2) is 12.1 Å². The predicted molar refractivity (Wildman–Crippen MR) is 78.4 cm³/mol. The van der Waals surface area contributed by atoms with Crippen LogP contribution in [-0.4, -0.2) is 12.4 Å². The van der Waals surface area contributed by atoms with Crippen LogP contribution in [0.5, 0.6) is 5.75 Å². The van der Waals surface area contributed by atoms with Crippen LogP contribution >= 0.6 is 12.6 Å². The van der Waals surface area contributed by atoms with Crippen LogP contribution in [0.25, 0.3) is 0 Å². The molecule has 0 amide bonds. The van der Waals surface area contributed by atoms with E-state index < -0.39 is 0 Å². The van der Waals surface area contributed by atoms with Crippen molar-refractivity contribution in [2.45, 2.75) is 40.5 Å². The summed E-state index contributed by atoms with van der Waals surface area (Å²) in [6, 6.07) is 4.36. The van der Waals surface area contributed by atoms with Gasteiger partial charge in [-0.3, -0.25) is 0 Å². The van der Waals surface area contributed by atoms with Gasteiger partial charge in [-0.15, -0.1) is 0 Å². The maximum absolute atomic E-state index is 5.91. The zero-order valence-corrected chi connectivity index (χ0v) is 12.3. The molecule has 0 aliphatic rings. The molecule has 96 valence electrons. The second-order valence-corrected chi connectivity index (χ2v) is 5.43. The van der Waals surface area contributed by atoms with E-state index in [1.54, 1.807) is 0 Å². The van der Waals surface area contributed by atoms with Gasteiger partial charge in [-0.1, -0.05) is 24.6 Å². The topological polar surface area (TPSA) is 9.23 Å². The number of thiol groups is 1. The van der Waals surface area contributed by atoms with Gasteiger partial charge in [-0.05, 0) is 56.4 Å². The Bertz CT molecular complexity index is 337. The Morgan fingerprint density at radius 2 is 1.71 bits per heavy atom. The minimum Gasteiger partial charge on any atom is -0.493 e. The van der Waals surface area contributed by atoms with Gasteiger partial charge in [0, 0.05) is 0 Å². The first-order valence-corrected chi connectivity index (χ1v) is 6.99. The molecule has 1 aromatic carbocycles. The van der Waals surface area contributed by atoms with E-state index in [0.29, 0.717) is 5.92 Å². The molecule has 2 heteroatoms. The summed E-state index contributed by atoms with van der Waals surface area (Å²) in [5.41, 5.74) is 3.78. The molecule has 0 heterocycles. The van der Waals surface area contributed by atoms with E-state index in [-0.39, 0.29) is 0 Å². The van der Waals surface area contributed by atoms with Gasteiger partial charge in [-0.25, -0.2) is 0 Å². The average Bonchev–Trinajstić information content (AvgIpc) is 2.22. The molecular formula is C15H24OS. The number of benzene rings is 1. The lowest BCUT2D eigenvalue weighted by molar-refractivity contribution is 0.279. The van der Waals surface area contributed by atoms with E-state index in [2.05, 4.69) is 52.5 Å². The van der Waals surface area contributed by atoms with Gasteiger partial charge in [-0.2, -0.15) is 12.6 Å². The first-order chi connectivity index (χ1) is 8.04. The number of aryl methyl sites for hydroxylation is 3. The minimum absolute atomic E-state index is 0.693. The maximum Gasteiger partial charge on any atom is 0.125 e. The van der Waals surface area contributed by atoms with Crippen LogP contribution in [0.3, 0.4) is 0 Å². The van der Waals surface area contributed by atoms with Crippen LogP contribution in [0.2, 0.25) is 0 Å². The van der Waals surface area contributed by atoms with E-state index in [9.17, 15) is 0 Å². The molecule has 1 unspecified atom stereocenters. The summed E-state index contributed by atoms with van der Waals surface area (Å²) in [4.78, 5) is 0. The second-order valence-electron chi connectivity index (χ2n) is 4.98. The Kier molecular flexibility index (Phi) is 5.90. The van der Waals surface area contributed by atoms with Gasteiger partial charge in [0.05, 0.1) is 6.61 Å². The Morgan fingerprint density at radius 3 is 2.24 bits per heavy atom. The molecule has 0 fully saturated rings. The van der Waals surface area contributed by atoms with Crippen molar-refractivity contribution in [3.05, 3.63) is 28.8 Å². The molecule has 0 radical (unpaired) electrons. The Morgan fingerprint density at radius 1 is 1.12 bits per heavy atom. The number of hydrogen-bond donors (Lipinski definition) is 1. The van der Waals surface area contributed by atoms with Crippen LogP contribution in [-0.2, 0) is 0 Å². The highest BCUT2D eigenvalue weighted by Crippen LogP contribution is 2.25. The summed E-state index contributed by atoms with van der Waals surface area (Å²) >= 11 is 4.26. The van der Waals surface area contributed by atoms with E-state index >= 15 is 0 Å². The van der Waals surface area contributed by atoms with Gasteiger partial charge in [0.1, 0.15) is 5.75 Å². The van der Waals surface area contributed by atoms with Gasteiger partial charge >= 0.3 is 0 Å². The number of rotatable bonds is 6. The second kappa shape index (κ2) is 6.95. The molecule has 17 heavy (non-hydrogen) atoms. The van der Waals surface area contributed by atoms with Crippen LogP contribution in [0.4, 0.5) is 0 Å². The van der Waals surface area contributed by atoms with Crippen LogP contribution in [0, 0.1) is 26.7 Å². The van der Waals surface area contributed by atoms with E-state index in [1.165, 1.54) is 23.1 Å². The predicted octanol–water partition coefficient (Wildman–Crippen LogP) is 4.34. The monoisotopic (exact) mass is 252 g/mol. The van der Waals surface area contributed by atoms with E-state index in [1.807, 2.05) is 0 Å². The van der Waals surface area contributed by atoms with Gasteiger partial charge in [0.15, 0.2) is 0 Å². The van der Waals surface area contributed by atoms with Gasteiger partial charge in [0.25, 0.3) is 0 Å². The fourth-order valence-electron chi connectivity index (χ4n) is 2.12. The first kappa shape index (κ1) is 14.4. The van der Waals surface area contributed by atoms with Crippen molar-refractivity contribution in [1.82, 2.24) is 0 Å². The van der Waals surface area contributed by atoms with Crippen molar-refractivity contribution in [1.29, 1.82) is 0 Å². The molecule has 0 saturated carbocycles. The molecule has 1 rings (SSSR count). The Labute approximate surface area is 111 Å². The van der Waals surface area contributed by atoms with Crippen molar-refractivity contribution in [3.63, 3.8) is 0 Å². The largest absolute Gasteiger partial charge is 0.493 e. The third kappa shape index (κ3) is 4.63. The molecule has 0 aliphatic heterocycles. The molecule has 1 aromatic rings. The highest BCUT2D eigenvalue weighted by atomic mass is 32.1. The zero-order chi connectivity index (χ0) is 12.8. The molecule has 1 atom stereocenters.